The second kappa shape index (κ2) is 6.70. The highest BCUT2D eigenvalue weighted by Gasteiger charge is 2.21. The largest absolute Gasteiger partial charge is 0.381 e. The second-order valence-electron chi connectivity index (χ2n) is 5.76. The summed E-state index contributed by atoms with van der Waals surface area (Å²) in [7, 11) is 0. The Morgan fingerprint density at radius 2 is 2.12 bits per heavy atom. The minimum atomic E-state index is -0.123. The maximum absolute atomic E-state index is 12.3. The summed E-state index contributed by atoms with van der Waals surface area (Å²) in [5.74, 6) is 1.31. The molecular formula is C17H17N3O3S. The van der Waals surface area contributed by atoms with Crippen LogP contribution in [0.25, 0.3) is 10.1 Å². The molecule has 3 heterocycles. The summed E-state index contributed by atoms with van der Waals surface area (Å²) in [6.45, 7) is 1.71. The van der Waals surface area contributed by atoms with Crippen molar-refractivity contribution in [2.75, 3.05) is 13.2 Å². The summed E-state index contributed by atoms with van der Waals surface area (Å²) in [5.41, 5.74) is 0. The zero-order chi connectivity index (χ0) is 16.4. The van der Waals surface area contributed by atoms with Crippen LogP contribution in [0.2, 0.25) is 0 Å². The van der Waals surface area contributed by atoms with Gasteiger partial charge in [-0.2, -0.15) is 4.98 Å². The molecule has 3 aromatic rings. The molecule has 0 spiro atoms. The van der Waals surface area contributed by atoms with Gasteiger partial charge in [0.1, 0.15) is 0 Å². The van der Waals surface area contributed by atoms with Crippen LogP contribution in [0.15, 0.2) is 34.9 Å². The predicted molar refractivity (Wildman–Crippen MR) is 90.1 cm³/mol. The van der Waals surface area contributed by atoms with Crippen molar-refractivity contribution in [1.82, 2.24) is 15.5 Å². The first-order valence-electron chi connectivity index (χ1n) is 7.96. The Hall–Kier alpha value is -2.25. The molecule has 0 aliphatic carbocycles. The van der Waals surface area contributed by atoms with Crippen molar-refractivity contribution in [3.8, 4) is 0 Å². The zero-order valence-electron chi connectivity index (χ0n) is 13.0. The lowest BCUT2D eigenvalue weighted by Crippen LogP contribution is -2.22. The molecule has 1 fully saturated rings. The third kappa shape index (κ3) is 3.18. The number of hydrogen-bond donors (Lipinski definition) is 1. The third-order valence-electron chi connectivity index (χ3n) is 4.12. The van der Waals surface area contributed by atoms with Gasteiger partial charge in [0, 0.05) is 23.8 Å². The maximum Gasteiger partial charge on any atom is 0.261 e. The number of nitrogens with zero attached hydrogens (tertiary/aromatic N) is 2. The third-order valence-corrected chi connectivity index (χ3v) is 5.23. The molecule has 1 aliphatic heterocycles. The molecule has 124 valence electrons. The number of nitrogens with one attached hydrogen (secondary N) is 1. The number of thiophene rings is 1. The Bertz CT molecular complexity index is 819. The summed E-state index contributed by atoms with van der Waals surface area (Å²) in [6.07, 6.45) is 1.82. The topological polar surface area (TPSA) is 77.2 Å². The van der Waals surface area contributed by atoms with Crippen molar-refractivity contribution in [2.45, 2.75) is 25.3 Å². The van der Waals surface area contributed by atoms with E-state index in [0.29, 0.717) is 16.6 Å². The first kappa shape index (κ1) is 15.3. The Kier molecular flexibility index (Phi) is 4.27. The van der Waals surface area contributed by atoms with E-state index in [0.717, 1.165) is 36.1 Å². The summed E-state index contributed by atoms with van der Waals surface area (Å²) >= 11 is 1.48. The van der Waals surface area contributed by atoms with Crippen LogP contribution in [0.1, 0.15) is 40.1 Å². The lowest BCUT2D eigenvalue weighted by molar-refractivity contribution is 0.0830. The zero-order valence-corrected chi connectivity index (χ0v) is 13.8. The number of carbonyl (C=O) groups is 1. The summed E-state index contributed by atoms with van der Waals surface area (Å²) in [4.78, 5) is 17.4. The molecule has 0 bridgehead atoms. The molecule has 6 nitrogen and oxygen atoms in total. The lowest BCUT2D eigenvalue weighted by atomic mass is 10.00. The summed E-state index contributed by atoms with van der Waals surface area (Å²) in [5, 5.41) is 7.95. The standard InChI is InChI=1S/C17H17N3O3S/c21-17(14-9-12-3-1-2-4-13(12)24-14)18-10-15-19-16(20-23-15)11-5-7-22-8-6-11/h1-4,9,11H,5-8,10H2,(H,18,21). The Balaban J connectivity index is 1.39. The van der Waals surface area contributed by atoms with Crippen molar-refractivity contribution in [1.29, 1.82) is 0 Å². The molecular weight excluding hydrogens is 326 g/mol. The van der Waals surface area contributed by atoms with Crippen LogP contribution in [0.4, 0.5) is 0 Å². The SMILES string of the molecule is O=C(NCc1nc(C2CCOCC2)no1)c1cc2ccccc2s1. The lowest BCUT2D eigenvalue weighted by Gasteiger charge is -2.18. The Morgan fingerprint density at radius 1 is 1.29 bits per heavy atom. The van der Waals surface area contributed by atoms with Crippen LogP contribution < -0.4 is 5.32 Å². The maximum atomic E-state index is 12.3. The first-order valence-corrected chi connectivity index (χ1v) is 8.78. The van der Waals surface area contributed by atoms with Crippen molar-refractivity contribution < 1.29 is 14.1 Å². The average Bonchev–Trinajstić information content (AvgIpc) is 3.27. The van der Waals surface area contributed by atoms with E-state index in [1.54, 1.807) is 0 Å². The number of aromatic nitrogens is 2. The smallest absolute Gasteiger partial charge is 0.261 e. The molecule has 1 saturated heterocycles. The van der Waals surface area contributed by atoms with Gasteiger partial charge < -0.3 is 14.6 Å². The van der Waals surface area contributed by atoms with E-state index in [4.69, 9.17) is 9.26 Å². The summed E-state index contributed by atoms with van der Waals surface area (Å²) < 4.78 is 11.7. The second-order valence-corrected chi connectivity index (χ2v) is 6.85. The first-order chi connectivity index (χ1) is 11.8. The van der Waals surface area contributed by atoms with E-state index < -0.39 is 0 Å². The van der Waals surface area contributed by atoms with Gasteiger partial charge in [-0.3, -0.25) is 4.79 Å². The fourth-order valence-electron chi connectivity index (χ4n) is 2.80. The van der Waals surface area contributed by atoms with E-state index in [2.05, 4.69) is 15.5 Å². The van der Waals surface area contributed by atoms with Gasteiger partial charge in [-0.05, 0) is 30.4 Å². The number of carbonyl (C=O) groups excluding carboxylic acids is 1. The quantitative estimate of drug-likeness (QED) is 0.787. The number of rotatable bonds is 4. The van der Waals surface area contributed by atoms with E-state index in [1.165, 1.54) is 11.3 Å². The van der Waals surface area contributed by atoms with Crippen molar-refractivity contribution in [3.63, 3.8) is 0 Å². The van der Waals surface area contributed by atoms with Crippen LogP contribution >= 0.6 is 11.3 Å². The van der Waals surface area contributed by atoms with Gasteiger partial charge in [0.25, 0.3) is 5.91 Å². The van der Waals surface area contributed by atoms with Crippen LogP contribution in [-0.4, -0.2) is 29.3 Å². The minimum absolute atomic E-state index is 0.123. The van der Waals surface area contributed by atoms with Crippen LogP contribution in [0.5, 0.6) is 0 Å². The number of amides is 1. The van der Waals surface area contributed by atoms with Crippen LogP contribution in [0.3, 0.4) is 0 Å². The normalized spacial score (nSPS) is 15.7. The van der Waals surface area contributed by atoms with Gasteiger partial charge in [-0.1, -0.05) is 23.4 Å². The van der Waals surface area contributed by atoms with Crippen molar-refractivity contribution >= 4 is 27.3 Å². The predicted octanol–water partition coefficient (Wildman–Crippen LogP) is 3.11. The Labute approximate surface area is 142 Å². The molecule has 4 rings (SSSR count). The van der Waals surface area contributed by atoms with E-state index in [1.807, 2.05) is 30.3 Å². The highest BCUT2D eigenvalue weighted by Crippen LogP contribution is 2.26. The van der Waals surface area contributed by atoms with Crippen LogP contribution in [-0.2, 0) is 11.3 Å². The number of fused-ring (bicyclic) bond motifs is 1. The molecule has 1 amide bonds. The van der Waals surface area contributed by atoms with Gasteiger partial charge in [0.2, 0.25) is 5.89 Å². The monoisotopic (exact) mass is 343 g/mol. The minimum Gasteiger partial charge on any atom is -0.381 e. The number of benzene rings is 1. The molecule has 24 heavy (non-hydrogen) atoms. The summed E-state index contributed by atoms with van der Waals surface area (Å²) in [6, 6.07) is 9.84. The van der Waals surface area contributed by atoms with Gasteiger partial charge in [0.15, 0.2) is 5.82 Å². The molecule has 0 radical (unpaired) electrons. The van der Waals surface area contributed by atoms with Gasteiger partial charge in [0.05, 0.1) is 11.4 Å². The Morgan fingerprint density at radius 3 is 2.96 bits per heavy atom. The molecule has 1 aliphatic rings. The molecule has 1 aromatic carbocycles. The molecule has 1 N–H and O–H groups in total. The average molecular weight is 343 g/mol. The van der Waals surface area contributed by atoms with E-state index >= 15 is 0 Å². The molecule has 0 atom stereocenters. The van der Waals surface area contributed by atoms with Gasteiger partial charge in [-0.25, -0.2) is 0 Å². The van der Waals surface area contributed by atoms with E-state index in [-0.39, 0.29) is 18.4 Å². The van der Waals surface area contributed by atoms with Crippen molar-refractivity contribution in [2.24, 2.45) is 0 Å². The molecule has 0 unspecified atom stereocenters. The fraction of sp³-hybridized carbons (Fsp3) is 0.353. The van der Waals surface area contributed by atoms with Crippen LogP contribution in [0, 0.1) is 0 Å². The highest BCUT2D eigenvalue weighted by atomic mass is 32.1. The highest BCUT2D eigenvalue weighted by molar-refractivity contribution is 7.20. The molecule has 0 saturated carbocycles. The van der Waals surface area contributed by atoms with Crippen molar-refractivity contribution in [3.05, 3.63) is 46.9 Å². The number of ether oxygens (including phenoxy) is 1. The van der Waals surface area contributed by atoms with Gasteiger partial charge in [-0.15, -0.1) is 11.3 Å². The number of hydrogen-bond acceptors (Lipinski definition) is 6. The van der Waals surface area contributed by atoms with E-state index in [9.17, 15) is 4.79 Å². The molecule has 2 aromatic heterocycles. The molecule has 7 heteroatoms. The van der Waals surface area contributed by atoms with Gasteiger partial charge >= 0.3 is 0 Å². The fourth-order valence-corrected chi connectivity index (χ4v) is 3.78.